The van der Waals surface area contributed by atoms with E-state index in [0.717, 1.165) is 34.8 Å². The van der Waals surface area contributed by atoms with Crippen molar-refractivity contribution in [1.29, 1.82) is 0 Å². The Hall–Kier alpha value is -2.10. The SMILES string of the molecule is OCc1cc2c(s1)-c1ccc3c(c1Oc1ccccc1-2)CCCC3. The molecule has 0 atom stereocenters. The highest BCUT2D eigenvalue weighted by Gasteiger charge is 2.27. The molecule has 1 aliphatic heterocycles. The quantitative estimate of drug-likeness (QED) is 0.494. The summed E-state index contributed by atoms with van der Waals surface area (Å²) in [5.41, 5.74) is 6.27. The summed E-state index contributed by atoms with van der Waals surface area (Å²) in [5, 5.41) is 9.62. The van der Waals surface area contributed by atoms with E-state index in [1.807, 2.05) is 18.2 Å². The van der Waals surface area contributed by atoms with Crippen molar-refractivity contribution in [2.75, 3.05) is 0 Å². The molecule has 120 valence electrons. The molecule has 5 rings (SSSR count). The molecule has 3 aromatic rings. The first-order chi connectivity index (χ1) is 11.8. The number of thiophene rings is 1. The van der Waals surface area contributed by atoms with Gasteiger partial charge in [-0.05, 0) is 55.0 Å². The molecule has 0 bridgehead atoms. The van der Waals surface area contributed by atoms with Gasteiger partial charge in [0.05, 0.1) is 6.61 Å². The fourth-order valence-electron chi connectivity index (χ4n) is 3.90. The maximum absolute atomic E-state index is 9.62. The van der Waals surface area contributed by atoms with Crippen LogP contribution in [-0.4, -0.2) is 5.11 Å². The summed E-state index contributed by atoms with van der Waals surface area (Å²) in [6.45, 7) is 0.0843. The average Bonchev–Trinajstić information content (AvgIpc) is 3.01. The number of fused-ring (bicyclic) bond motifs is 7. The minimum atomic E-state index is 0.0843. The van der Waals surface area contributed by atoms with Crippen molar-refractivity contribution < 1.29 is 9.84 Å². The van der Waals surface area contributed by atoms with Crippen molar-refractivity contribution in [2.24, 2.45) is 0 Å². The minimum Gasteiger partial charge on any atom is -0.456 e. The average molecular weight is 334 g/mol. The Labute approximate surface area is 145 Å². The van der Waals surface area contributed by atoms with Crippen molar-refractivity contribution >= 4 is 11.3 Å². The molecule has 0 saturated heterocycles. The molecule has 0 saturated carbocycles. The Balaban J connectivity index is 1.84. The van der Waals surface area contributed by atoms with Crippen LogP contribution in [0.3, 0.4) is 0 Å². The second-order valence-corrected chi connectivity index (χ2v) is 7.64. The normalized spacial score (nSPS) is 14.7. The second-order valence-electron chi connectivity index (χ2n) is 6.50. The van der Waals surface area contributed by atoms with E-state index in [1.54, 1.807) is 11.3 Å². The highest BCUT2D eigenvalue weighted by molar-refractivity contribution is 7.16. The van der Waals surface area contributed by atoms with Crippen LogP contribution in [0.25, 0.3) is 21.6 Å². The Morgan fingerprint density at radius 2 is 1.83 bits per heavy atom. The topological polar surface area (TPSA) is 29.5 Å². The van der Waals surface area contributed by atoms with Gasteiger partial charge in [-0.2, -0.15) is 0 Å². The van der Waals surface area contributed by atoms with Gasteiger partial charge in [0.1, 0.15) is 11.5 Å². The highest BCUT2D eigenvalue weighted by atomic mass is 32.1. The first-order valence-corrected chi connectivity index (χ1v) is 9.33. The van der Waals surface area contributed by atoms with Crippen molar-refractivity contribution in [3.8, 4) is 33.1 Å². The minimum absolute atomic E-state index is 0.0843. The van der Waals surface area contributed by atoms with Gasteiger partial charge >= 0.3 is 0 Å². The Kier molecular flexibility index (Phi) is 3.25. The van der Waals surface area contributed by atoms with E-state index >= 15 is 0 Å². The fraction of sp³-hybridized carbons (Fsp3) is 0.238. The molecule has 0 spiro atoms. The highest BCUT2D eigenvalue weighted by Crippen LogP contribution is 2.52. The molecule has 1 aromatic heterocycles. The lowest BCUT2D eigenvalue weighted by Gasteiger charge is -2.21. The molecule has 3 heteroatoms. The lowest BCUT2D eigenvalue weighted by atomic mass is 9.88. The summed E-state index contributed by atoms with van der Waals surface area (Å²) in [6, 6.07) is 14.8. The molecule has 0 fully saturated rings. The molecular weight excluding hydrogens is 316 g/mol. The van der Waals surface area contributed by atoms with Crippen LogP contribution in [-0.2, 0) is 19.4 Å². The van der Waals surface area contributed by atoms with Crippen molar-refractivity contribution in [3.63, 3.8) is 0 Å². The van der Waals surface area contributed by atoms with Crippen molar-refractivity contribution in [3.05, 3.63) is 58.5 Å². The molecule has 2 aliphatic rings. The number of hydrogen-bond acceptors (Lipinski definition) is 3. The summed E-state index contributed by atoms with van der Waals surface area (Å²) >= 11 is 1.68. The van der Waals surface area contributed by atoms with E-state index in [0.29, 0.717) is 0 Å². The number of rotatable bonds is 1. The van der Waals surface area contributed by atoms with Gasteiger partial charge in [-0.1, -0.05) is 24.3 Å². The van der Waals surface area contributed by atoms with Gasteiger partial charge in [0.15, 0.2) is 0 Å². The van der Waals surface area contributed by atoms with Gasteiger partial charge in [-0.3, -0.25) is 0 Å². The maximum Gasteiger partial charge on any atom is 0.139 e. The van der Waals surface area contributed by atoms with Crippen LogP contribution in [0, 0.1) is 0 Å². The summed E-state index contributed by atoms with van der Waals surface area (Å²) in [7, 11) is 0. The van der Waals surface area contributed by atoms with E-state index in [9.17, 15) is 5.11 Å². The van der Waals surface area contributed by atoms with Crippen LogP contribution in [0.5, 0.6) is 11.5 Å². The predicted octanol–water partition coefficient (Wildman–Crippen LogP) is 5.56. The maximum atomic E-state index is 9.62. The van der Waals surface area contributed by atoms with Crippen LogP contribution in [0.4, 0.5) is 0 Å². The van der Waals surface area contributed by atoms with Gasteiger partial charge in [0.25, 0.3) is 0 Å². The zero-order chi connectivity index (χ0) is 16.1. The molecule has 2 aromatic carbocycles. The number of para-hydroxylation sites is 1. The number of hydrogen-bond donors (Lipinski definition) is 1. The summed E-state index contributed by atoms with van der Waals surface area (Å²) in [5.74, 6) is 1.95. The molecule has 2 nitrogen and oxygen atoms in total. The lowest BCUT2D eigenvalue weighted by molar-refractivity contribution is 0.285. The van der Waals surface area contributed by atoms with Gasteiger partial charge < -0.3 is 9.84 Å². The first-order valence-electron chi connectivity index (χ1n) is 8.51. The molecule has 2 heterocycles. The summed E-state index contributed by atoms with van der Waals surface area (Å²) in [6.07, 6.45) is 4.73. The standard InChI is InChI=1S/C21H18O2S/c22-12-14-11-18-16-7-3-4-8-19(16)23-20-15-6-2-1-5-13(15)9-10-17(20)21(18)24-14/h3-4,7-11,22H,1-2,5-6,12H2. The van der Waals surface area contributed by atoms with Gasteiger partial charge in [-0.15, -0.1) is 11.3 Å². The van der Waals surface area contributed by atoms with Gasteiger partial charge in [-0.25, -0.2) is 0 Å². The molecule has 1 aliphatic carbocycles. The summed E-state index contributed by atoms with van der Waals surface area (Å²) in [4.78, 5) is 2.22. The smallest absolute Gasteiger partial charge is 0.139 e. The number of aryl methyl sites for hydroxylation is 1. The van der Waals surface area contributed by atoms with Gasteiger partial charge in [0.2, 0.25) is 0 Å². The predicted molar refractivity (Wildman–Crippen MR) is 97.8 cm³/mol. The molecule has 1 N–H and O–H groups in total. The molecular formula is C21H18O2S. The monoisotopic (exact) mass is 334 g/mol. The Morgan fingerprint density at radius 1 is 0.958 bits per heavy atom. The van der Waals surface area contributed by atoms with Crippen molar-refractivity contribution in [1.82, 2.24) is 0 Å². The lowest BCUT2D eigenvalue weighted by Crippen LogP contribution is -2.05. The van der Waals surface area contributed by atoms with Gasteiger partial charge in [0, 0.05) is 26.4 Å². The fourth-order valence-corrected chi connectivity index (χ4v) is 4.95. The number of aliphatic hydroxyl groups is 1. The van der Waals surface area contributed by atoms with Crippen LogP contribution < -0.4 is 4.74 Å². The Morgan fingerprint density at radius 3 is 2.75 bits per heavy atom. The largest absolute Gasteiger partial charge is 0.456 e. The van der Waals surface area contributed by atoms with Crippen molar-refractivity contribution in [2.45, 2.75) is 32.3 Å². The molecule has 0 radical (unpaired) electrons. The number of aliphatic hydroxyl groups excluding tert-OH is 1. The third kappa shape index (κ3) is 2.05. The molecule has 0 amide bonds. The van der Waals surface area contributed by atoms with Crippen LogP contribution >= 0.6 is 11.3 Å². The number of benzene rings is 2. The zero-order valence-electron chi connectivity index (χ0n) is 13.3. The van der Waals surface area contributed by atoms with Crippen LogP contribution in [0.15, 0.2) is 42.5 Å². The van der Waals surface area contributed by atoms with E-state index in [4.69, 9.17) is 4.74 Å². The Bertz CT molecular complexity index is 939. The van der Waals surface area contributed by atoms with Crippen LogP contribution in [0.2, 0.25) is 0 Å². The molecule has 0 unspecified atom stereocenters. The summed E-state index contributed by atoms with van der Waals surface area (Å²) < 4.78 is 6.46. The third-order valence-corrected chi connectivity index (χ3v) is 6.21. The zero-order valence-corrected chi connectivity index (χ0v) is 14.2. The molecule has 24 heavy (non-hydrogen) atoms. The van der Waals surface area contributed by atoms with E-state index in [1.165, 1.54) is 40.0 Å². The van der Waals surface area contributed by atoms with E-state index in [2.05, 4.69) is 24.3 Å². The van der Waals surface area contributed by atoms with E-state index < -0.39 is 0 Å². The van der Waals surface area contributed by atoms with E-state index in [-0.39, 0.29) is 6.61 Å². The third-order valence-electron chi connectivity index (χ3n) is 5.05. The van der Waals surface area contributed by atoms with Crippen LogP contribution in [0.1, 0.15) is 28.8 Å². The second kappa shape index (κ2) is 5.47. The first kappa shape index (κ1) is 14.3. The number of ether oxygens (including phenoxy) is 1.